The third kappa shape index (κ3) is 11.9. The van der Waals surface area contributed by atoms with Crippen LogP contribution in [0.3, 0.4) is 0 Å². The Kier molecular flexibility index (Phi) is 15.1. The molecule has 0 fully saturated rings. The summed E-state index contributed by atoms with van der Waals surface area (Å²) < 4.78 is 0. The molecule has 18 heavy (non-hydrogen) atoms. The molecule has 0 atom stereocenters. The summed E-state index contributed by atoms with van der Waals surface area (Å²) in [5.74, 6) is 0. The monoisotopic (exact) mass is 323 g/mol. The molecule has 0 amide bonds. The van der Waals surface area contributed by atoms with Gasteiger partial charge in [0.2, 0.25) is 0 Å². The molecule has 0 saturated heterocycles. The molecular weight excluding hydrogens is 305 g/mol. The molecule has 0 aliphatic carbocycles. The zero-order valence-corrected chi connectivity index (χ0v) is 14.4. The molecule has 0 heterocycles. The van der Waals surface area contributed by atoms with Crippen molar-refractivity contribution in [3.63, 3.8) is 0 Å². The van der Waals surface area contributed by atoms with Crippen molar-refractivity contribution >= 4 is 20.2 Å². The van der Waals surface area contributed by atoms with Crippen molar-refractivity contribution in [2.24, 2.45) is 0 Å². The van der Waals surface area contributed by atoms with Crippen molar-refractivity contribution in [1.29, 1.82) is 0 Å². The summed E-state index contributed by atoms with van der Waals surface area (Å²) in [4.78, 5) is 4.32. The second-order valence-corrected chi connectivity index (χ2v) is 6.18. The topological polar surface area (TPSA) is 6.48 Å². The number of benzene rings is 1. The first kappa shape index (κ1) is 21.1. The molecular formula is C12H19Cl2LiMnN2. The van der Waals surface area contributed by atoms with Gasteiger partial charge in [0, 0.05) is 13.1 Å². The van der Waals surface area contributed by atoms with Gasteiger partial charge in [0.15, 0.2) is 0 Å². The number of rotatable bonds is 4. The van der Waals surface area contributed by atoms with E-state index in [-0.39, 0.29) is 32.0 Å². The van der Waals surface area contributed by atoms with Gasteiger partial charge in [-0.15, -0.1) is 11.1 Å². The summed E-state index contributed by atoms with van der Waals surface area (Å²) in [6.45, 7) is 1.92. The van der Waals surface area contributed by atoms with E-state index in [1.54, 1.807) is 0 Å². The minimum Gasteiger partial charge on any atom is 1.00 e. The number of hydrogen-bond donors (Lipinski definition) is 0. The first-order chi connectivity index (χ1) is 7.99. The number of halogens is 2. The minimum atomic E-state index is 0. The molecule has 0 radical (unpaired) electrons. The molecule has 0 saturated carbocycles. The Morgan fingerprint density at radius 3 is 1.61 bits per heavy atom. The fourth-order valence-corrected chi connectivity index (χ4v) is 1.44. The SMILES string of the molecule is CN(C)Cc1[c-]c(CN(C)C)ccc1.[Cl][Mn][Cl].[Li+]. The van der Waals surface area contributed by atoms with Gasteiger partial charge in [0.25, 0.3) is 0 Å². The van der Waals surface area contributed by atoms with Gasteiger partial charge in [-0.3, -0.25) is 0 Å². The molecule has 1 rings (SSSR count). The Morgan fingerprint density at radius 2 is 1.33 bits per heavy atom. The second-order valence-electron chi connectivity index (χ2n) is 4.23. The van der Waals surface area contributed by atoms with Crippen molar-refractivity contribution in [3.05, 3.63) is 35.4 Å². The summed E-state index contributed by atoms with van der Waals surface area (Å²) in [5.41, 5.74) is 2.52. The van der Waals surface area contributed by atoms with Crippen molar-refractivity contribution in [2.45, 2.75) is 13.1 Å². The van der Waals surface area contributed by atoms with E-state index in [2.05, 4.69) is 62.3 Å². The Hall–Kier alpha value is 0.837. The van der Waals surface area contributed by atoms with Crippen LogP contribution >= 0.6 is 20.2 Å². The maximum atomic E-state index is 4.80. The van der Waals surface area contributed by atoms with Gasteiger partial charge in [-0.2, -0.15) is 24.3 Å². The number of nitrogens with zero attached hydrogens (tertiary/aromatic N) is 2. The van der Waals surface area contributed by atoms with Gasteiger partial charge in [-0.05, 0) is 28.2 Å². The molecule has 6 heteroatoms. The predicted molar refractivity (Wildman–Crippen MR) is 71.8 cm³/mol. The molecule has 1 aromatic carbocycles. The Bertz CT molecular complexity index is 287. The molecule has 0 unspecified atom stereocenters. The minimum absolute atomic E-state index is 0. The molecule has 0 aromatic heterocycles. The van der Waals surface area contributed by atoms with E-state index in [1.807, 2.05) is 0 Å². The van der Waals surface area contributed by atoms with Crippen LogP contribution in [0.4, 0.5) is 0 Å². The predicted octanol–water partition coefficient (Wildman–Crippen LogP) is -0.00951. The standard InChI is InChI=1S/C12H19N2.2ClH.Li.Mn/c1-13(2)9-11-6-5-7-12(8-11)10-14(3)4;;;;/h5-7H,9-10H2,1-4H3;2*1H;;/q-1;;;+1;+2/p-2. The van der Waals surface area contributed by atoms with Gasteiger partial charge in [0.1, 0.15) is 0 Å². The molecule has 0 N–H and O–H groups in total. The van der Waals surface area contributed by atoms with Gasteiger partial charge in [0.05, 0.1) is 0 Å². The zero-order valence-electron chi connectivity index (χ0n) is 11.7. The largest absolute Gasteiger partial charge is 1.00 e. The average Bonchev–Trinajstić information content (AvgIpc) is 2.16. The van der Waals surface area contributed by atoms with E-state index >= 15 is 0 Å². The van der Waals surface area contributed by atoms with Gasteiger partial charge in [-0.1, -0.05) is 0 Å². The fourth-order valence-electron chi connectivity index (χ4n) is 1.44. The summed E-state index contributed by atoms with van der Waals surface area (Å²) in [6, 6.07) is 9.78. The normalized spacial score (nSPS) is 9.78. The summed E-state index contributed by atoms with van der Waals surface area (Å²) in [6.07, 6.45) is 0. The van der Waals surface area contributed by atoms with Crippen LogP contribution in [0.25, 0.3) is 0 Å². The Labute approximate surface area is 138 Å². The van der Waals surface area contributed by atoms with Crippen LogP contribution in [0.15, 0.2) is 18.2 Å². The third-order valence-electron chi connectivity index (χ3n) is 1.89. The van der Waals surface area contributed by atoms with Crippen LogP contribution in [0.5, 0.6) is 0 Å². The molecule has 0 spiro atoms. The maximum absolute atomic E-state index is 4.80. The van der Waals surface area contributed by atoms with E-state index in [1.165, 1.54) is 11.1 Å². The van der Waals surface area contributed by atoms with Crippen LogP contribution in [-0.4, -0.2) is 38.0 Å². The van der Waals surface area contributed by atoms with Crippen LogP contribution in [0, 0.1) is 6.07 Å². The Balaban J connectivity index is 0. The molecule has 2 nitrogen and oxygen atoms in total. The summed E-state index contributed by atoms with van der Waals surface area (Å²) in [7, 11) is 17.9. The molecule has 99 valence electrons. The van der Waals surface area contributed by atoms with Crippen molar-refractivity contribution < 1.29 is 32.0 Å². The smallest absolute Gasteiger partial charge is 1.00 e. The van der Waals surface area contributed by atoms with E-state index in [9.17, 15) is 0 Å². The first-order valence-electron chi connectivity index (χ1n) is 5.16. The molecule has 0 aliphatic heterocycles. The molecule has 1 aromatic rings. The summed E-state index contributed by atoms with van der Waals surface area (Å²) in [5, 5.41) is 0. The van der Waals surface area contributed by atoms with Gasteiger partial charge in [-0.25, -0.2) is 0 Å². The fraction of sp³-hybridized carbons (Fsp3) is 0.500. The van der Waals surface area contributed by atoms with Crippen molar-refractivity contribution in [2.75, 3.05) is 28.2 Å². The van der Waals surface area contributed by atoms with Crippen LogP contribution in [0.2, 0.25) is 0 Å². The molecule has 0 aliphatic rings. The van der Waals surface area contributed by atoms with E-state index in [4.69, 9.17) is 20.2 Å². The average molecular weight is 324 g/mol. The maximum Gasteiger partial charge on any atom is 1.00 e. The van der Waals surface area contributed by atoms with Gasteiger partial charge >= 0.3 is 52.2 Å². The quantitative estimate of drug-likeness (QED) is 0.568. The zero-order chi connectivity index (χ0) is 13.3. The number of hydrogen-bond acceptors (Lipinski definition) is 2. The van der Waals surface area contributed by atoms with Gasteiger partial charge < -0.3 is 9.80 Å². The van der Waals surface area contributed by atoms with Crippen LogP contribution < -0.4 is 18.9 Å². The summed E-state index contributed by atoms with van der Waals surface area (Å²) >= 11 is 0.00694. The van der Waals surface area contributed by atoms with E-state index < -0.39 is 0 Å². The van der Waals surface area contributed by atoms with Crippen LogP contribution in [0.1, 0.15) is 11.1 Å². The third-order valence-corrected chi connectivity index (χ3v) is 1.89. The first-order valence-corrected chi connectivity index (χ1v) is 8.41. The Morgan fingerprint density at radius 1 is 1.00 bits per heavy atom. The molecule has 0 bridgehead atoms. The van der Waals surface area contributed by atoms with Crippen molar-refractivity contribution in [1.82, 2.24) is 9.80 Å². The van der Waals surface area contributed by atoms with Crippen molar-refractivity contribution in [3.8, 4) is 0 Å². The second kappa shape index (κ2) is 12.8. The van der Waals surface area contributed by atoms with E-state index in [0.29, 0.717) is 0 Å². The van der Waals surface area contributed by atoms with E-state index in [0.717, 1.165) is 13.1 Å². The van der Waals surface area contributed by atoms with Crippen LogP contribution in [-0.2, 0) is 26.2 Å².